The van der Waals surface area contributed by atoms with E-state index in [1.165, 1.54) is 6.42 Å². The van der Waals surface area contributed by atoms with Crippen LogP contribution >= 0.6 is 0 Å². The van der Waals surface area contributed by atoms with E-state index in [1.54, 1.807) is 0 Å². The van der Waals surface area contributed by atoms with E-state index in [0.29, 0.717) is 12.5 Å². The molecule has 0 aromatic carbocycles. The second kappa shape index (κ2) is 7.56. The summed E-state index contributed by atoms with van der Waals surface area (Å²) in [7, 11) is 0. The first-order chi connectivity index (χ1) is 5.70. The van der Waals surface area contributed by atoms with Crippen molar-refractivity contribution in [2.24, 2.45) is 5.92 Å². The standard InChI is InChI=1S/C10H22O2/c1-5-9(3)7-12-10(4)8-11-6-2/h9-10H,5-8H2,1-4H3. The summed E-state index contributed by atoms with van der Waals surface area (Å²) in [6.45, 7) is 10.8. The molecule has 0 saturated carbocycles. The van der Waals surface area contributed by atoms with Gasteiger partial charge in [-0.15, -0.1) is 0 Å². The molecular formula is C10H22O2. The van der Waals surface area contributed by atoms with Gasteiger partial charge >= 0.3 is 0 Å². The molecule has 12 heavy (non-hydrogen) atoms. The van der Waals surface area contributed by atoms with Crippen molar-refractivity contribution in [3.8, 4) is 0 Å². The highest BCUT2D eigenvalue weighted by Gasteiger charge is 2.04. The average Bonchev–Trinajstić information content (AvgIpc) is 2.10. The molecule has 0 aliphatic rings. The highest BCUT2D eigenvalue weighted by molar-refractivity contribution is 4.51. The van der Waals surface area contributed by atoms with Crippen LogP contribution in [0.25, 0.3) is 0 Å². The highest BCUT2D eigenvalue weighted by Crippen LogP contribution is 2.03. The van der Waals surface area contributed by atoms with Gasteiger partial charge in [0.2, 0.25) is 0 Å². The summed E-state index contributed by atoms with van der Waals surface area (Å²) in [4.78, 5) is 0. The van der Waals surface area contributed by atoms with Crippen LogP contribution in [0.4, 0.5) is 0 Å². The molecule has 0 aliphatic carbocycles. The van der Waals surface area contributed by atoms with Crippen molar-refractivity contribution >= 4 is 0 Å². The van der Waals surface area contributed by atoms with E-state index < -0.39 is 0 Å². The van der Waals surface area contributed by atoms with Gasteiger partial charge in [-0.3, -0.25) is 0 Å². The van der Waals surface area contributed by atoms with E-state index in [9.17, 15) is 0 Å². The van der Waals surface area contributed by atoms with E-state index in [1.807, 2.05) is 6.92 Å². The lowest BCUT2D eigenvalue weighted by Gasteiger charge is -2.15. The zero-order valence-electron chi connectivity index (χ0n) is 8.80. The molecule has 74 valence electrons. The second-order valence-electron chi connectivity index (χ2n) is 3.32. The van der Waals surface area contributed by atoms with Crippen LogP contribution in [-0.4, -0.2) is 25.9 Å². The van der Waals surface area contributed by atoms with E-state index in [0.717, 1.165) is 13.2 Å². The van der Waals surface area contributed by atoms with Crippen LogP contribution < -0.4 is 0 Å². The molecule has 2 nitrogen and oxygen atoms in total. The number of hydrogen-bond acceptors (Lipinski definition) is 2. The van der Waals surface area contributed by atoms with Crippen LogP contribution in [0.2, 0.25) is 0 Å². The van der Waals surface area contributed by atoms with Crippen LogP contribution in [0.15, 0.2) is 0 Å². The third kappa shape index (κ3) is 6.62. The largest absolute Gasteiger partial charge is 0.379 e. The van der Waals surface area contributed by atoms with Gasteiger partial charge in [0.1, 0.15) is 0 Å². The number of hydrogen-bond donors (Lipinski definition) is 0. The van der Waals surface area contributed by atoms with Crippen molar-refractivity contribution in [2.75, 3.05) is 19.8 Å². The fourth-order valence-electron chi connectivity index (χ4n) is 0.778. The van der Waals surface area contributed by atoms with Gasteiger partial charge in [-0.05, 0) is 19.8 Å². The Hall–Kier alpha value is -0.0800. The van der Waals surface area contributed by atoms with Gasteiger partial charge in [-0.2, -0.15) is 0 Å². The lowest BCUT2D eigenvalue weighted by Crippen LogP contribution is -2.19. The maximum Gasteiger partial charge on any atom is 0.0780 e. The van der Waals surface area contributed by atoms with Crippen molar-refractivity contribution in [2.45, 2.75) is 40.2 Å². The third-order valence-corrected chi connectivity index (χ3v) is 1.92. The molecule has 0 rings (SSSR count). The minimum Gasteiger partial charge on any atom is -0.379 e. The Bertz CT molecular complexity index is 93.8. The van der Waals surface area contributed by atoms with E-state index in [-0.39, 0.29) is 6.10 Å². The van der Waals surface area contributed by atoms with Crippen LogP contribution in [0.3, 0.4) is 0 Å². The topological polar surface area (TPSA) is 18.5 Å². The molecule has 0 heterocycles. The van der Waals surface area contributed by atoms with Crippen molar-refractivity contribution in [1.29, 1.82) is 0 Å². The Kier molecular flexibility index (Phi) is 7.51. The number of ether oxygens (including phenoxy) is 2. The van der Waals surface area contributed by atoms with E-state index >= 15 is 0 Å². The minimum atomic E-state index is 0.235. The first-order valence-corrected chi connectivity index (χ1v) is 4.90. The normalized spacial score (nSPS) is 16.0. The van der Waals surface area contributed by atoms with Crippen LogP contribution in [0, 0.1) is 5.92 Å². The molecule has 2 unspecified atom stereocenters. The second-order valence-corrected chi connectivity index (χ2v) is 3.32. The van der Waals surface area contributed by atoms with Gasteiger partial charge in [0.05, 0.1) is 12.7 Å². The summed E-state index contributed by atoms with van der Waals surface area (Å²) in [5.41, 5.74) is 0. The summed E-state index contributed by atoms with van der Waals surface area (Å²) in [5, 5.41) is 0. The molecule has 0 N–H and O–H groups in total. The fourth-order valence-corrected chi connectivity index (χ4v) is 0.778. The molecule has 0 bridgehead atoms. The van der Waals surface area contributed by atoms with Crippen molar-refractivity contribution in [3.05, 3.63) is 0 Å². The number of rotatable bonds is 7. The highest BCUT2D eigenvalue weighted by atomic mass is 16.5. The zero-order valence-corrected chi connectivity index (χ0v) is 8.80. The van der Waals surface area contributed by atoms with E-state index in [2.05, 4.69) is 20.8 Å². The van der Waals surface area contributed by atoms with Crippen molar-refractivity contribution < 1.29 is 9.47 Å². The molecule has 0 amide bonds. The van der Waals surface area contributed by atoms with Gasteiger partial charge in [-0.1, -0.05) is 20.3 Å². The van der Waals surface area contributed by atoms with Crippen molar-refractivity contribution in [1.82, 2.24) is 0 Å². The molecule has 2 heteroatoms. The monoisotopic (exact) mass is 174 g/mol. The van der Waals surface area contributed by atoms with Crippen molar-refractivity contribution in [3.63, 3.8) is 0 Å². The summed E-state index contributed by atoms with van der Waals surface area (Å²) in [6, 6.07) is 0. The molecule has 0 spiro atoms. The summed E-state index contributed by atoms with van der Waals surface area (Å²) in [6.07, 6.45) is 1.42. The SMILES string of the molecule is CCOCC(C)OCC(C)CC. The van der Waals surface area contributed by atoms with Gasteiger partial charge in [0.15, 0.2) is 0 Å². The fraction of sp³-hybridized carbons (Fsp3) is 1.00. The smallest absolute Gasteiger partial charge is 0.0780 e. The lowest BCUT2D eigenvalue weighted by atomic mass is 10.1. The first-order valence-electron chi connectivity index (χ1n) is 4.90. The van der Waals surface area contributed by atoms with Gasteiger partial charge < -0.3 is 9.47 Å². The predicted octanol–water partition coefficient (Wildman–Crippen LogP) is 2.47. The maximum absolute atomic E-state index is 5.57. The summed E-state index contributed by atoms with van der Waals surface area (Å²) < 4.78 is 10.8. The predicted molar refractivity (Wildman–Crippen MR) is 51.4 cm³/mol. The first kappa shape index (κ1) is 11.9. The summed E-state index contributed by atoms with van der Waals surface area (Å²) in [5.74, 6) is 0.661. The zero-order chi connectivity index (χ0) is 9.40. The van der Waals surface area contributed by atoms with Gasteiger partial charge in [0, 0.05) is 13.2 Å². The Morgan fingerprint density at radius 1 is 1.08 bits per heavy atom. The molecule has 0 saturated heterocycles. The van der Waals surface area contributed by atoms with Crippen LogP contribution in [-0.2, 0) is 9.47 Å². The molecule has 0 aliphatic heterocycles. The van der Waals surface area contributed by atoms with Crippen LogP contribution in [0.5, 0.6) is 0 Å². The molecule has 2 atom stereocenters. The Balaban J connectivity index is 3.24. The van der Waals surface area contributed by atoms with E-state index in [4.69, 9.17) is 9.47 Å². The third-order valence-electron chi connectivity index (χ3n) is 1.92. The molecule has 0 radical (unpaired) electrons. The van der Waals surface area contributed by atoms with Crippen LogP contribution in [0.1, 0.15) is 34.1 Å². The summed E-state index contributed by atoms with van der Waals surface area (Å²) >= 11 is 0. The molecular weight excluding hydrogens is 152 g/mol. The van der Waals surface area contributed by atoms with Gasteiger partial charge in [0.25, 0.3) is 0 Å². The Labute approximate surface area is 76.3 Å². The quantitative estimate of drug-likeness (QED) is 0.590. The lowest BCUT2D eigenvalue weighted by molar-refractivity contribution is -0.0153. The maximum atomic E-state index is 5.57. The van der Waals surface area contributed by atoms with Gasteiger partial charge in [-0.25, -0.2) is 0 Å². The Morgan fingerprint density at radius 2 is 1.75 bits per heavy atom. The minimum absolute atomic E-state index is 0.235. The molecule has 0 fully saturated rings. The Morgan fingerprint density at radius 3 is 2.25 bits per heavy atom. The molecule has 0 aromatic heterocycles. The average molecular weight is 174 g/mol. The molecule has 0 aromatic rings.